The molecule has 1 N–H and O–H groups in total. The number of amides is 1. The Balaban J connectivity index is 1.37. The lowest BCUT2D eigenvalue weighted by atomic mass is 10.0. The molecule has 0 spiro atoms. The van der Waals surface area contributed by atoms with E-state index < -0.39 is 10.0 Å². The van der Waals surface area contributed by atoms with Crippen LogP contribution in [0.15, 0.2) is 83.8 Å². The second kappa shape index (κ2) is 11.3. The van der Waals surface area contributed by atoms with Gasteiger partial charge in [0.25, 0.3) is 5.91 Å². The fraction of sp³-hybridized carbons (Fsp3) is 0.269. The van der Waals surface area contributed by atoms with Crippen LogP contribution in [0.25, 0.3) is 0 Å². The van der Waals surface area contributed by atoms with Crippen molar-refractivity contribution < 1.29 is 22.7 Å². The molecule has 1 heterocycles. The van der Waals surface area contributed by atoms with Gasteiger partial charge in [-0.05, 0) is 28.8 Å². The predicted octanol–water partition coefficient (Wildman–Crippen LogP) is 2.99. The first-order valence-electron chi connectivity index (χ1n) is 11.2. The molecule has 0 unspecified atom stereocenters. The summed E-state index contributed by atoms with van der Waals surface area (Å²) in [4.78, 5) is 12.7. The van der Waals surface area contributed by atoms with E-state index >= 15 is 0 Å². The minimum absolute atomic E-state index is 0.0909. The Hall–Kier alpha value is -3.20. The molecule has 7 nitrogen and oxygen atoms in total. The molecule has 0 atom stereocenters. The zero-order valence-electron chi connectivity index (χ0n) is 18.9. The average Bonchev–Trinajstić information content (AvgIpc) is 2.88. The summed E-state index contributed by atoms with van der Waals surface area (Å²) < 4.78 is 38.7. The second-order valence-corrected chi connectivity index (χ2v) is 9.87. The van der Waals surface area contributed by atoms with Gasteiger partial charge in [-0.25, -0.2) is 8.42 Å². The smallest absolute Gasteiger partial charge is 0.258 e. The molecule has 0 bridgehead atoms. The van der Waals surface area contributed by atoms with Gasteiger partial charge >= 0.3 is 0 Å². The molecule has 1 aliphatic heterocycles. The molecule has 3 aromatic carbocycles. The summed E-state index contributed by atoms with van der Waals surface area (Å²) in [7, 11) is -3.66. The maximum Gasteiger partial charge on any atom is 0.258 e. The van der Waals surface area contributed by atoms with E-state index in [-0.39, 0.29) is 24.0 Å². The van der Waals surface area contributed by atoms with E-state index in [1.165, 1.54) is 4.31 Å². The standard InChI is InChI=1S/C26H28N2O5S/c29-26(20-33-24-12-6-4-10-22(24)18-21-8-2-1-3-9-21)27-19-23-11-5-7-13-25(23)34(30,31)28-14-16-32-17-15-28/h1-13H,14-20H2,(H,27,29). The maximum atomic E-state index is 13.1. The molecule has 178 valence electrons. The number of nitrogens with one attached hydrogen (secondary N) is 1. The van der Waals surface area contributed by atoms with Gasteiger partial charge in [-0.2, -0.15) is 4.31 Å². The Bertz CT molecular complexity index is 1210. The number of carbonyl (C=O) groups excluding carboxylic acids is 1. The van der Waals surface area contributed by atoms with Gasteiger partial charge < -0.3 is 14.8 Å². The highest BCUT2D eigenvalue weighted by Crippen LogP contribution is 2.22. The third kappa shape index (κ3) is 6.02. The molecule has 4 rings (SSSR count). The van der Waals surface area contributed by atoms with Crippen LogP contribution in [0, 0.1) is 0 Å². The van der Waals surface area contributed by atoms with Crippen molar-refractivity contribution in [2.24, 2.45) is 0 Å². The Morgan fingerprint density at radius 2 is 1.53 bits per heavy atom. The van der Waals surface area contributed by atoms with Crippen molar-refractivity contribution >= 4 is 15.9 Å². The molecule has 1 aliphatic rings. The summed E-state index contributed by atoms with van der Waals surface area (Å²) in [5, 5.41) is 2.78. The number of para-hydroxylation sites is 1. The zero-order chi connectivity index (χ0) is 23.8. The third-order valence-electron chi connectivity index (χ3n) is 5.61. The normalized spacial score (nSPS) is 14.5. The van der Waals surface area contributed by atoms with Gasteiger partial charge in [0.1, 0.15) is 5.75 Å². The monoisotopic (exact) mass is 480 g/mol. The first-order chi connectivity index (χ1) is 16.5. The number of sulfonamides is 1. The molecular formula is C26H28N2O5S. The molecule has 1 fully saturated rings. The zero-order valence-corrected chi connectivity index (χ0v) is 19.7. The molecule has 8 heteroatoms. The van der Waals surface area contributed by atoms with Crippen LogP contribution >= 0.6 is 0 Å². The van der Waals surface area contributed by atoms with Crippen LogP contribution in [0.4, 0.5) is 0 Å². The number of ether oxygens (including phenoxy) is 2. The fourth-order valence-electron chi connectivity index (χ4n) is 3.82. The number of rotatable bonds is 9. The molecule has 1 amide bonds. The molecule has 3 aromatic rings. The Morgan fingerprint density at radius 3 is 2.29 bits per heavy atom. The summed E-state index contributed by atoms with van der Waals surface area (Å²) in [5.41, 5.74) is 2.68. The fourth-order valence-corrected chi connectivity index (χ4v) is 5.45. The van der Waals surface area contributed by atoms with Gasteiger partial charge in [-0.1, -0.05) is 66.7 Å². The van der Waals surface area contributed by atoms with E-state index in [0.29, 0.717) is 44.0 Å². The van der Waals surface area contributed by atoms with Crippen molar-refractivity contribution in [2.75, 3.05) is 32.9 Å². The van der Waals surface area contributed by atoms with E-state index in [1.807, 2.05) is 54.6 Å². The van der Waals surface area contributed by atoms with E-state index in [0.717, 1.165) is 11.1 Å². The van der Waals surface area contributed by atoms with Crippen LogP contribution in [0.5, 0.6) is 5.75 Å². The lowest BCUT2D eigenvalue weighted by Gasteiger charge is -2.27. The quantitative estimate of drug-likeness (QED) is 0.509. The number of nitrogens with zero attached hydrogens (tertiary/aromatic N) is 1. The van der Waals surface area contributed by atoms with E-state index in [9.17, 15) is 13.2 Å². The number of hydrogen-bond donors (Lipinski definition) is 1. The molecule has 0 aromatic heterocycles. The van der Waals surface area contributed by atoms with Crippen LogP contribution in [0.2, 0.25) is 0 Å². The second-order valence-electron chi connectivity index (χ2n) is 7.96. The minimum Gasteiger partial charge on any atom is -0.483 e. The molecule has 0 radical (unpaired) electrons. The van der Waals surface area contributed by atoms with E-state index in [4.69, 9.17) is 9.47 Å². The van der Waals surface area contributed by atoms with Crippen LogP contribution < -0.4 is 10.1 Å². The Labute approximate surface area is 200 Å². The highest BCUT2D eigenvalue weighted by atomic mass is 32.2. The van der Waals surface area contributed by atoms with E-state index in [2.05, 4.69) is 5.32 Å². The van der Waals surface area contributed by atoms with E-state index in [1.54, 1.807) is 24.3 Å². The van der Waals surface area contributed by atoms with Crippen molar-refractivity contribution in [3.8, 4) is 5.75 Å². The average molecular weight is 481 g/mol. The highest BCUT2D eigenvalue weighted by Gasteiger charge is 2.28. The molecule has 0 saturated carbocycles. The van der Waals surface area contributed by atoms with Crippen LogP contribution in [0.1, 0.15) is 16.7 Å². The van der Waals surface area contributed by atoms with Gasteiger partial charge in [0.15, 0.2) is 6.61 Å². The molecule has 34 heavy (non-hydrogen) atoms. The molecule has 0 aliphatic carbocycles. The number of hydrogen-bond acceptors (Lipinski definition) is 5. The topological polar surface area (TPSA) is 84.9 Å². The first kappa shape index (κ1) is 23.9. The van der Waals surface area contributed by atoms with Gasteiger partial charge in [0, 0.05) is 26.1 Å². The lowest BCUT2D eigenvalue weighted by molar-refractivity contribution is -0.123. The lowest BCUT2D eigenvalue weighted by Crippen LogP contribution is -2.41. The summed E-state index contributed by atoms with van der Waals surface area (Å²) in [6.07, 6.45) is 0.700. The summed E-state index contributed by atoms with van der Waals surface area (Å²) in [6, 6.07) is 24.4. The van der Waals surface area contributed by atoms with Crippen molar-refractivity contribution in [1.29, 1.82) is 0 Å². The van der Waals surface area contributed by atoms with Crippen molar-refractivity contribution in [1.82, 2.24) is 9.62 Å². The SMILES string of the molecule is O=C(COc1ccccc1Cc1ccccc1)NCc1ccccc1S(=O)(=O)N1CCOCC1. The van der Waals surface area contributed by atoms with Crippen molar-refractivity contribution in [3.63, 3.8) is 0 Å². The number of morpholine rings is 1. The first-order valence-corrected chi connectivity index (χ1v) is 12.6. The third-order valence-corrected chi connectivity index (χ3v) is 7.60. The highest BCUT2D eigenvalue weighted by molar-refractivity contribution is 7.89. The Morgan fingerprint density at radius 1 is 0.882 bits per heavy atom. The van der Waals surface area contributed by atoms with Crippen LogP contribution in [-0.2, 0) is 32.5 Å². The van der Waals surface area contributed by atoms with Crippen molar-refractivity contribution in [2.45, 2.75) is 17.9 Å². The number of carbonyl (C=O) groups is 1. The molecule has 1 saturated heterocycles. The van der Waals surface area contributed by atoms with Gasteiger partial charge in [-0.15, -0.1) is 0 Å². The van der Waals surface area contributed by atoms with Crippen LogP contribution in [0.3, 0.4) is 0 Å². The largest absolute Gasteiger partial charge is 0.483 e. The summed E-state index contributed by atoms with van der Waals surface area (Å²) >= 11 is 0. The maximum absolute atomic E-state index is 13.1. The predicted molar refractivity (Wildman–Crippen MR) is 129 cm³/mol. The summed E-state index contributed by atoms with van der Waals surface area (Å²) in [6.45, 7) is 1.32. The van der Waals surface area contributed by atoms with Gasteiger partial charge in [-0.3, -0.25) is 4.79 Å². The number of benzene rings is 3. The van der Waals surface area contributed by atoms with Crippen molar-refractivity contribution in [3.05, 3.63) is 95.6 Å². The Kier molecular flexibility index (Phi) is 7.95. The summed E-state index contributed by atoms with van der Waals surface area (Å²) in [5.74, 6) is 0.324. The van der Waals surface area contributed by atoms with Gasteiger partial charge in [0.05, 0.1) is 18.1 Å². The minimum atomic E-state index is -3.66. The van der Waals surface area contributed by atoms with Crippen LogP contribution in [-0.4, -0.2) is 51.5 Å². The molecular weight excluding hydrogens is 452 g/mol. The van der Waals surface area contributed by atoms with Gasteiger partial charge in [0.2, 0.25) is 10.0 Å².